The van der Waals surface area contributed by atoms with Gasteiger partial charge in [0.25, 0.3) is 5.91 Å². The van der Waals surface area contributed by atoms with Gasteiger partial charge in [-0.3, -0.25) is 4.79 Å². The van der Waals surface area contributed by atoms with Crippen LogP contribution in [0, 0.1) is 6.92 Å². The number of aryl methyl sites for hydroxylation is 1. The Morgan fingerprint density at radius 2 is 1.83 bits per heavy atom. The fraction of sp³-hybridized carbons (Fsp3) is 0.611. The predicted molar refractivity (Wildman–Crippen MR) is 100 cm³/mol. The van der Waals surface area contributed by atoms with Gasteiger partial charge in [0.2, 0.25) is 0 Å². The molecular formula is C18H26N4OS. The smallest absolute Gasteiger partial charge is 0.261 e. The van der Waals surface area contributed by atoms with Crippen LogP contribution in [-0.4, -0.2) is 35.0 Å². The van der Waals surface area contributed by atoms with Gasteiger partial charge in [-0.2, -0.15) is 0 Å². The van der Waals surface area contributed by atoms with Crippen molar-refractivity contribution in [2.24, 2.45) is 0 Å². The molecule has 130 valence electrons. The van der Waals surface area contributed by atoms with Gasteiger partial charge in [0.05, 0.1) is 10.3 Å². The first-order valence-corrected chi connectivity index (χ1v) is 9.69. The van der Waals surface area contributed by atoms with Crippen molar-refractivity contribution in [1.82, 2.24) is 15.3 Å². The number of hydrogen-bond donors (Lipinski definition) is 1. The van der Waals surface area contributed by atoms with Crippen LogP contribution in [0.2, 0.25) is 0 Å². The molecule has 3 rings (SSSR count). The number of hydrogen-bond acceptors (Lipinski definition) is 5. The minimum Gasteiger partial charge on any atom is -0.356 e. The molecule has 3 heterocycles. The maximum Gasteiger partial charge on any atom is 0.261 e. The number of nitrogens with one attached hydrogen (secondary N) is 1. The Bertz CT molecular complexity index is 717. The zero-order chi connectivity index (χ0) is 17.1. The van der Waals surface area contributed by atoms with Crippen molar-refractivity contribution in [3.8, 4) is 0 Å². The number of thiophene rings is 1. The zero-order valence-electron chi connectivity index (χ0n) is 14.8. The second-order valence-electron chi connectivity index (χ2n) is 6.82. The second-order valence-corrected chi connectivity index (χ2v) is 7.82. The molecule has 0 atom stereocenters. The average molecular weight is 347 g/mol. The predicted octanol–water partition coefficient (Wildman–Crippen LogP) is 3.91. The van der Waals surface area contributed by atoms with E-state index in [1.807, 2.05) is 20.8 Å². The highest BCUT2D eigenvalue weighted by Crippen LogP contribution is 2.35. The van der Waals surface area contributed by atoms with Crippen molar-refractivity contribution in [2.75, 3.05) is 18.0 Å². The number of anilines is 1. The molecule has 1 N–H and O–H groups in total. The van der Waals surface area contributed by atoms with E-state index in [2.05, 4.69) is 20.2 Å². The highest BCUT2D eigenvalue weighted by molar-refractivity contribution is 7.20. The largest absolute Gasteiger partial charge is 0.356 e. The first-order valence-electron chi connectivity index (χ1n) is 8.88. The van der Waals surface area contributed by atoms with Gasteiger partial charge in [-0.1, -0.05) is 19.3 Å². The Balaban J connectivity index is 1.99. The molecule has 1 saturated heterocycles. The Labute approximate surface area is 147 Å². The lowest BCUT2D eigenvalue weighted by atomic mass is 10.1. The molecule has 1 aliphatic rings. The Morgan fingerprint density at radius 3 is 2.50 bits per heavy atom. The van der Waals surface area contributed by atoms with Crippen LogP contribution < -0.4 is 10.2 Å². The lowest BCUT2D eigenvalue weighted by molar-refractivity contribution is 0.0947. The zero-order valence-corrected chi connectivity index (χ0v) is 15.6. The third-order valence-corrected chi connectivity index (χ3v) is 5.69. The summed E-state index contributed by atoms with van der Waals surface area (Å²) in [5.74, 6) is 0.989. The SMILES string of the molecule is Cc1c(C(=O)NC(C)C)sc2ncnc(N3CCCCCCC3)c12. The third-order valence-electron chi connectivity index (χ3n) is 4.49. The molecule has 2 aromatic heterocycles. The van der Waals surface area contributed by atoms with E-state index in [0.717, 1.165) is 39.6 Å². The molecule has 0 aliphatic carbocycles. The lowest BCUT2D eigenvalue weighted by Gasteiger charge is -2.26. The van der Waals surface area contributed by atoms with Gasteiger partial charge in [-0.05, 0) is 39.2 Å². The summed E-state index contributed by atoms with van der Waals surface area (Å²) in [5.41, 5.74) is 1.01. The van der Waals surface area contributed by atoms with Crippen LogP contribution in [0.15, 0.2) is 6.33 Å². The van der Waals surface area contributed by atoms with Crippen LogP contribution in [0.3, 0.4) is 0 Å². The fourth-order valence-corrected chi connectivity index (χ4v) is 4.34. The number of amides is 1. The van der Waals surface area contributed by atoms with Gasteiger partial charge in [-0.25, -0.2) is 9.97 Å². The van der Waals surface area contributed by atoms with E-state index in [4.69, 9.17) is 0 Å². The van der Waals surface area contributed by atoms with Crippen LogP contribution >= 0.6 is 11.3 Å². The summed E-state index contributed by atoms with van der Waals surface area (Å²) >= 11 is 1.47. The normalized spacial score (nSPS) is 16.2. The van der Waals surface area contributed by atoms with Gasteiger partial charge in [0.15, 0.2) is 0 Å². The molecule has 1 aliphatic heterocycles. The lowest BCUT2D eigenvalue weighted by Crippen LogP contribution is -2.30. The first-order chi connectivity index (χ1) is 11.6. The average Bonchev–Trinajstić information content (AvgIpc) is 2.84. The van der Waals surface area contributed by atoms with Crippen LogP contribution in [-0.2, 0) is 0 Å². The van der Waals surface area contributed by atoms with E-state index in [1.54, 1.807) is 6.33 Å². The number of nitrogens with zero attached hydrogens (tertiary/aromatic N) is 3. The van der Waals surface area contributed by atoms with Gasteiger partial charge >= 0.3 is 0 Å². The summed E-state index contributed by atoms with van der Waals surface area (Å²) in [7, 11) is 0. The number of fused-ring (bicyclic) bond motifs is 1. The molecule has 1 fully saturated rings. The quantitative estimate of drug-likeness (QED) is 0.915. The van der Waals surface area contributed by atoms with E-state index < -0.39 is 0 Å². The summed E-state index contributed by atoms with van der Waals surface area (Å²) in [6, 6.07) is 0.127. The van der Waals surface area contributed by atoms with Crippen molar-refractivity contribution in [3.05, 3.63) is 16.8 Å². The second kappa shape index (κ2) is 7.47. The Kier molecular flexibility index (Phi) is 5.33. The topological polar surface area (TPSA) is 58.1 Å². The van der Waals surface area contributed by atoms with Crippen molar-refractivity contribution in [2.45, 2.75) is 58.9 Å². The molecule has 0 unspecified atom stereocenters. The monoisotopic (exact) mass is 346 g/mol. The third kappa shape index (κ3) is 3.53. The molecule has 6 heteroatoms. The molecule has 2 aromatic rings. The van der Waals surface area contributed by atoms with Crippen molar-refractivity contribution in [3.63, 3.8) is 0 Å². The number of rotatable bonds is 3. The molecule has 1 amide bonds. The first kappa shape index (κ1) is 17.1. The highest BCUT2D eigenvalue weighted by Gasteiger charge is 2.22. The number of aromatic nitrogens is 2. The summed E-state index contributed by atoms with van der Waals surface area (Å²) in [6.45, 7) is 8.05. The van der Waals surface area contributed by atoms with E-state index in [-0.39, 0.29) is 11.9 Å². The Hall–Kier alpha value is -1.69. The van der Waals surface area contributed by atoms with Crippen molar-refractivity contribution < 1.29 is 4.79 Å². The van der Waals surface area contributed by atoms with Crippen molar-refractivity contribution in [1.29, 1.82) is 0 Å². The summed E-state index contributed by atoms with van der Waals surface area (Å²) in [4.78, 5) is 25.5. The fourth-order valence-electron chi connectivity index (χ4n) is 3.30. The van der Waals surface area contributed by atoms with Crippen molar-refractivity contribution >= 4 is 33.3 Å². The van der Waals surface area contributed by atoms with Gasteiger partial charge in [0.1, 0.15) is 17.0 Å². The number of carbonyl (C=O) groups is 1. The van der Waals surface area contributed by atoms with Gasteiger partial charge < -0.3 is 10.2 Å². The summed E-state index contributed by atoms with van der Waals surface area (Å²) in [6.07, 6.45) is 7.95. The molecule has 0 bridgehead atoms. The van der Waals surface area contributed by atoms with E-state index >= 15 is 0 Å². The Morgan fingerprint density at radius 1 is 1.17 bits per heavy atom. The van der Waals surface area contributed by atoms with Crippen LogP contribution in [0.1, 0.15) is 61.2 Å². The molecule has 0 saturated carbocycles. The van der Waals surface area contributed by atoms with E-state index in [9.17, 15) is 4.79 Å². The maximum absolute atomic E-state index is 12.5. The van der Waals surface area contributed by atoms with Crippen LogP contribution in [0.4, 0.5) is 5.82 Å². The number of carbonyl (C=O) groups excluding carboxylic acids is 1. The molecule has 5 nitrogen and oxygen atoms in total. The minimum absolute atomic E-state index is 0.0101. The van der Waals surface area contributed by atoms with Crippen LogP contribution in [0.25, 0.3) is 10.2 Å². The summed E-state index contributed by atoms with van der Waals surface area (Å²) in [5, 5.41) is 4.04. The highest BCUT2D eigenvalue weighted by atomic mass is 32.1. The molecule has 24 heavy (non-hydrogen) atoms. The standard InChI is InChI=1S/C18H26N4OS/c1-12(2)21-17(23)15-13(3)14-16(19-11-20-18(14)24-15)22-9-7-5-4-6-8-10-22/h11-12H,4-10H2,1-3H3,(H,21,23). The molecule has 0 radical (unpaired) electrons. The van der Waals surface area contributed by atoms with Crippen LogP contribution in [0.5, 0.6) is 0 Å². The molecule has 0 aromatic carbocycles. The van der Waals surface area contributed by atoms with Gasteiger partial charge in [0, 0.05) is 19.1 Å². The maximum atomic E-state index is 12.5. The minimum atomic E-state index is -0.0101. The molecular weight excluding hydrogens is 320 g/mol. The molecule has 0 spiro atoms. The van der Waals surface area contributed by atoms with Gasteiger partial charge in [-0.15, -0.1) is 11.3 Å². The van der Waals surface area contributed by atoms with E-state index in [1.165, 1.54) is 43.4 Å². The summed E-state index contributed by atoms with van der Waals surface area (Å²) < 4.78 is 0. The van der Waals surface area contributed by atoms with E-state index in [0.29, 0.717) is 0 Å².